The summed E-state index contributed by atoms with van der Waals surface area (Å²) < 4.78 is 5.77. The zero-order valence-corrected chi connectivity index (χ0v) is 12.4. The van der Waals surface area contributed by atoms with Gasteiger partial charge < -0.3 is 4.74 Å². The fourth-order valence-corrected chi connectivity index (χ4v) is 2.77. The molecule has 5 heteroatoms. The Morgan fingerprint density at radius 1 is 1.10 bits per heavy atom. The van der Waals surface area contributed by atoms with Crippen LogP contribution in [0.5, 0.6) is 0 Å². The summed E-state index contributed by atoms with van der Waals surface area (Å²) >= 11 is 0. The van der Waals surface area contributed by atoms with Gasteiger partial charge in [0.25, 0.3) is 0 Å². The lowest BCUT2D eigenvalue weighted by Crippen LogP contribution is -2.44. The Labute approximate surface area is 125 Å². The van der Waals surface area contributed by atoms with Crippen molar-refractivity contribution < 1.29 is 4.74 Å². The smallest absolute Gasteiger partial charge is 0.159 e. The van der Waals surface area contributed by atoms with Crippen LogP contribution in [-0.4, -0.2) is 45.1 Å². The van der Waals surface area contributed by atoms with E-state index in [-0.39, 0.29) is 12.2 Å². The lowest BCUT2D eigenvalue weighted by atomic mass is 10.2. The molecule has 0 spiro atoms. The van der Waals surface area contributed by atoms with Crippen molar-refractivity contribution in [1.29, 1.82) is 0 Å². The molecule has 0 saturated carbocycles. The molecular formula is C16H20N4O. The molecule has 3 rings (SSSR count). The van der Waals surface area contributed by atoms with Crippen LogP contribution in [0.15, 0.2) is 36.8 Å². The molecule has 2 aromatic heterocycles. The van der Waals surface area contributed by atoms with Crippen molar-refractivity contribution in [3.05, 3.63) is 42.5 Å². The first-order valence-electron chi connectivity index (χ1n) is 7.31. The van der Waals surface area contributed by atoms with Gasteiger partial charge in [0, 0.05) is 43.8 Å². The lowest BCUT2D eigenvalue weighted by molar-refractivity contribution is -0.0707. The Morgan fingerprint density at radius 2 is 1.81 bits per heavy atom. The Bertz CT molecular complexity index is 580. The minimum absolute atomic E-state index is 0.273. The van der Waals surface area contributed by atoms with Gasteiger partial charge in [-0.1, -0.05) is 0 Å². The Hall–Kier alpha value is -1.85. The largest absolute Gasteiger partial charge is 0.373 e. The van der Waals surface area contributed by atoms with Crippen LogP contribution in [0.2, 0.25) is 0 Å². The minimum Gasteiger partial charge on any atom is -0.373 e. The molecule has 1 aliphatic rings. The number of ether oxygens (including phenoxy) is 1. The summed E-state index contributed by atoms with van der Waals surface area (Å²) in [7, 11) is 0. The fraction of sp³-hybridized carbons (Fsp3) is 0.438. The van der Waals surface area contributed by atoms with Crippen LogP contribution in [0, 0.1) is 0 Å². The number of nitrogens with zero attached hydrogens (tertiary/aromatic N) is 4. The molecule has 1 fully saturated rings. The number of hydrogen-bond acceptors (Lipinski definition) is 5. The van der Waals surface area contributed by atoms with Crippen molar-refractivity contribution in [3.63, 3.8) is 0 Å². The van der Waals surface area contributed by atoms with Gasteiger partial charge in [0.05, 0.1) is 17.9 Å². The molecule has 2 aromatic rings. The molecule has 21 heavy (non-hydrogen) atoms. The molecule has 2 atom stereocenters. The van der Waals surface area contributed by atoms with Crippen molar-refractivity contribution in [2.45, 2.75) is 32.6 Å². The maximum absolute atomic E-state index is 5.77. The van der Waals surface area contributed by atoms with Crippen molar-refractivity contribution in [2.24, 2.45) is 0 Å². The van der Waals surface area contributed by atoms with Crippen LogP contribution < -0.4 is 0 Å². The summed E-state index contributed by atoms with van der Waals surface area (Å²) in [5, 5.41) is 0. The maximum atomic E-state index is 5.77. The Balaban J connectivity index is 1.74. The summed E-state index contributed by atoms with van der Waals surface area (Å²) in [4.78, 5) is 15.4. The molecule has 2 unspecified atom stereocenters. The van der Waals surface area contributed by atoms with E-state index in [1.165, 1.54) is 0 Å². The average molecular weight is 284 g/mol. The van der Waals surface area contributed by atoms with Gasteiger partial charge in [0.15, 0.2) is 5.82 Å². The number of pyridine rings is 1. The van der Waals surface area contributed by atoms with E-state index in [1.54, 1.807) is 12.4 Å². The topological polar surface area (TPSA) is 51.1 Å². The van der Waals surface area contributed by atoms with Crippen molar-refractivity contribution >= 4 is 0 Å². The van der Waals surface area contributed by atoms with Gasteiger partial charge in [-0.05, 0) is 32.0 Å². The molecule has 3 heterocycles. The maximum Gasteiger partial charge on any atom is 0.159 e. The summed E-state index contributed by atoms with van der Waals surface area (Å²) in [6, 6.07) is 5.84. The highest BCUT2D eigenvalue weighted by Crippen LogP contribution is 2.16. The number of morpholine rings is 1. The third-order valence-corrected chi connectivity index (χ3v) is 3.53. The second-order valence-corrected chi connectivity index (χ2v) is 5.56. The van der Waals surface area contributed by atoms with Crippen molar-refractivity contribution in [3.8, 4) is 11.4 Å². The summed E-state index contributed by atoms with van der Waals surface area (Å²) in [6.45, 7) is 6.95. The number of aromatic nitrogens is 3. The van der Waals surface area contributed by atoms with Crippen LogP contribution in [0.25, 0.3) is 11.4 Å². The summed E-state index contributed by atoms with van der Waals surface area (Å²) in [6.07, 6.45) is 5.89. The zero-order valence-electron chi connectivity index (χ0n) is 12.4. The standard InChI is InChI=1S/C16H20N4O/c1-12-9-20(10-13(2)21-12)11-15-5-8-18-16(19-15)14-3-6-17-7-4-14/h3-8,12-13H,9-11H2,1-2H3. The van der Waals surface area contributed by atoms with Crippen LogP contribution in [0.4, 0.5) is 0 Å². The van der Waals surface area contributed by atoms with E-state index in [0.29, 0.717) is 0 Å². The molecule has 1 aliphatic heterocycles. The highest BCUT2D eigenvalue weighted by atomic mass is 16.5. The van der Waals surface area contributed by atoms with Gasteiger partial charge in [-0.2, -0.15) is 0 Å². The lowest BCUT2D eigenvalue weighted by Gasteiger charge is -2.35. The van der Waals surface area contributed by atoms with Gasteiger partial charge in [-0.25, -0.2) is 9.97 Å². The highest BCUT2D eigenvalue weighted by Gasteiger charge is 2.22. The van der Waals surface area contributed by atoms with E-state index in [2.05, 4.69) is 33.7 Å². The molecule has 0 bridgehead atoms. The summed E-state index contributed by atoms with van der Waals surface area (Å²) in [5.74, 6) is 0.754. The van der Waals surface area contributed by atoms with Crippen LogP contribution in [0.3, 0.4) is 0 Å². The molecule has 0 aliphatic carbocycles. The molecular weight excluding hydrogens is 264 g/mol. The van der Waals surface area contributed by atoms with Crippen LogP contribution in [0.1, 0.15) is 19.5 Å². The molecule has 0 N–H and O–H groups in total. The quantitative estimate of drug-likeness (QED) is 0.864. The first-order valence-corrected chi connectivity index (χ1v) is 7.31. The van der Waals surface area contributed by atoms with E-state index in [0.717, 1.165) is 36.7 Å². The third kappa shape index (κ3) is 3.62. The molecule has 1 saturated heterocycles. The van der Waals surface area contributed by atoms with E-state index in [9.17, 15) is 0 Å². The van der Waals surface area contributed by atoms with Gasteiger partial charge in [0.2, 0.25) is 0 Å². The second-order valence-electron chi connectivity index (χ2n) is 5.56. The van der Waals surface area contributed by atoms with Crippen LogP contribution in [-0.2, 0) is 11.3 Å². The first kappa shape index (κ1) is 14.1. The Kier molecular flexibility index (Phi) is 4.22. The van der Waals surface area contributed by atoms with E-state index in [4.69, 9.17) is 4.74 Å². The first-order chi connectivity index (χ1) is 10.2. The minimum atomic E-state index is 0.273. The van der Waals surface area contributed by atoms with Crippen molar-refractivity contribution in [1.82, 2.24) is 19.9 Å². The van der Waals surface area contributed by atoms with Gasteiger partial charge in [-0.15, -0.1) is 0 Å². The SMILES string of the molecule is CC1CN(Cc2ccnc(-c3ccncc3)n2)CC(C)O1. The molecule has 0 aromatic carbocycles. The van der Waals surface area contributed by atoms with Gasteiger partial charge in [-0.3, -0.25) is 9.88 Å². The molecule has 5 nitrogen and oxygen atoms in total. The normalized spacial score (nSPS) is 23.1. The average Bonchev–Trinajstić information content (AvgIpc) is 2.47. The third-order valence-electron chi connectivity index (χ3n) is 3.53. The highest BCUT2D eigenvalue weighted by molar-refractivity contribution is 5.53. The van der Waals surface area contributed by atoms with Crippen molar-refractivity contribution in [2.75, 3.05) is 13.1 Å². The van der Waals surface area contributed by atoms with Crippen LogP contribution >= 0.6 is 0 Å². The van der Waals surface area contributed by atoms with Gasteiger partial charge >= 0.3 is 0 Å². The van der Waals surface area contributed by atoms with E-state index >= 15 is 0 Å². The monoisotopic (exact) mass is 284 g/mol. The van der Waals surface area contributed by atoms with Gasteiger partial charge in [0.1, 0.15) is 0 Å². The zero-order chi connectivity index (χ0) is 14.7. The molecule has 110 valence electrons. The molecule has 0 radical (unpaired) electrons. The number of rotatable bonds is 3. The second kappa shape index (κ2) is 6.28. The van der Waals surface area contributed by atoms with E-state index < -0.39 is 0 Å². The summed E-state index contributed by atoms with van der Waals surface area (Å²) in [5.41, 5.74) is 2.04. The Morgan fingerprint density at radius 3 is 2.52 bits per heavy atom. The fourth-order valence-electron chi connectivity index (χ4n) is 2.77. The molecule has 0 amide bonds. The van der Waals surface area contributed by atoms with E-state index in [1.807, 2.05) is 24.4 Å². The number of hydrogen-bond donors (Lipinski definition) is 0. The predicted molar refractivity (Wildman–Crippen MR) is 80.5 cm³/mol. The predicted octanol–water partition coefficient (Wildman–Crippen LogP) is 2.15.